The van der Waals surface area contributed by atoms with Gasteiger partial charge in [0.05, 0.1) is 0 Å². The lowest BCUT2D eigenvalue weighted by molar-refractivity contribution is 0.211. The minimum Gasteiger partial charge on any atom is -0.489 e. The predicted molar refractivity (Wildman–Crippen MR) is 76.8 cm³/mol. The first-order valence-electron chi connectivity index (χ1n) is 6.49. The van der Waals surface area contributed by atoms with Gasteiger partial charge in [-0.25, -0.2) is 0 Å². The first kappa shape index (κ1) is 14.0. The lowest BCUT2D eigenvalue weighted by Crippen LogP contribution is -2.35. The normalized spacial score (nSPS) is 17.9. The van der Waals surface area contributed by atoms with E-state index in [2.05, 4.69) is 12.2 Å². The van der Waals surface area contributed by atoms with Crippen molar-refractivity contribution in [2.75, 3.05) is 6.54 Å². The summed E-state index contributed by atoms with van der Waals surface area (Å²) in [5.41, 5.74) is 0. The maximum Gasteiger partial charge on any atom is 0.122 e. The molecule has 1 fully saturated rings. The molecule has 1 unspecified atom stereocenters. The average Bonchev–Trinajstić information content (AvgIpc) is 2.77. The van der Waals surface area contributed by atoms with Crippen LogP contribution in [0.1, 0.15) is 32.6 Å². The molecule has 0 spiro atoms. The number of halogens is 2. The Bertz CT molecular complexity index is 371. The summed E-state index contributed by atoms with van der Waals surface area (Å²) in [6.45, 7) is 2.91. The summed E-state index contributed by atoms with van der Waals surface area (Å²) in [5, 5.41) is 4.75. The van der Waals surface area contributed by atoms with Gasteiger partial charge in [0.2, 0.25) is 0 Å². The highest BCUT2D eigenvalue weighted by Gasteiger charge is 2.15. The predicted octanol–water partition coefficient (Wildman–Crippen LogP) is 4.29. The van der Waals surface area contributed by atoms with Crippen molar-refractivity contribution in [1.29, 1.82) is 0 Å². The van der Waals surface area contributed by atoms with Crippen LogP contribution < -0.4 is 10.1 Å². The third-order valence-corrected chi connectivity index (χ3v) is 3.66. The summed E-state index contributed by atoms with van der Waals surface area (Å²) in [4.78, 5) is 0. The van der Waals surface area contributed by atoms with E-state index in [0.717, 1.165) is 12.3 Å². The second-order valence-electron chi connectivity index (χ2n) is 4.92. The number of hydrogen-bond acceptors (Lipinski definition) is 2. The van der Waals surface area contributed by atoms with Gasteiger partial charge < -0.3 is 10.1 Å². The molecule has 1 atom stereocenters. The zero-order chi connectivity index (χ0) is 13.0. The second kappa shape index (κ2) is 6.65. The van der Waals surface area contributed by atoms with Crippen molar-refractivity contribution < 1.29 is 4.74 Å². The van der Waals surface area contributed by atoms with E-state index in [0.29, 0.717) is 16.1 Å². The fraction of sp³-hybridized carbons (Fsp3) is 0.571. The summed E-state index contributed by atoms with van der Waals surface area (Å²) in [5.74, 6) is 0.730. The summed E-state index contributed by atoms with van der Waals surface area (Å²) >= 11 is 11.9. The van der Waals surface area contributed by atoms with Crippen LogP contribution in [0.3, 0.4) is 0 Å². The van der Waals surface area contributed by atoms with E-state index in [-0.39, 0.29) is 6.10 Å². The van der Waals surface area contributed by atoms with E-state index in [1.54, 1.807) is 18.2 Å². The number of hydrogen-bond donors (Lipinski definition) is 1. The molecule has 0 aliphatic heterocycles. The quantitative estimate of drug-likeness (QED) is 0.872. The molecule has 100 valence electrons. The van der Waals surface area contributed by atoms with Crippen molar-refractivity contribution in [2.45, 2.75) is 44.8 Å². The van der Waals surface area contributed by atoms with Crippen molar-refractivity contribution in [2.24, 2.45) is 0 Å². The molecular formula is C14H19Cl2NO. The van der Waals surface area contributed by atoms with Crippen LogP contribution in [0, 0.1) is 0 Å². The Labute approximate surface area is 119 Å². The van der Waals surface area contributed by atoms with Gasteiger partial charge in [0.15, 0.2) is 0 Å². The van der Waals surface area contributed by atoms with E-state index in [4.69, 9.17) is 27.9 Å². The fourth-order valence-corrected chi connectivity index (χ4v) is 2.84. The molecule has 0 heterocycles. The Morgan fingerprint density at radius 1 is 1.22 bits per heavy atom. The zero-order valence-corrected chi connectivity index (χ0v) is 12.1. The van der Waals surface area contributed by atoms with Gasteiger partial charge in [0.25, 0.3) is 0 Å². The third kappa shape index (κ3) is 4.34. The molecule has 1 aliphatic rings. The molecule has 18 heavy (non-hydrogen) atoms. The van der Waals surface area contributed by atoms with Crippen LogP contribution in [0.5, 0.6) is 5.75 Å². The number of rotatable bonds is 5. The van der Waals surface area contributed by atoms with Gasteiger partial charge in [-0.15, -0.1) is 0 Å². The molecule has 0 saturated heterocycles. The van der Waals surface area contributed by atoms with Crippen molar-refractivity contribution >= 4 is 23.2 Å². The summed E-state index contributed by atoms with van der Waals surface area (Å²) in [6, 6.07) is 5.95. The minimum absolute atomic E-state index is 0.111. The van der Waals surface area contributed by atoms with E-state index < -0.39 is 0 Å². The maximum absolute atomic E-state index is 5.93. The van der Waals surface area contributed by atoms with Crippen molar-refractivity contribution in [3.8, 4) is 5.75 Å². The van der Waals surface area contributed by atoms with Crippen LogP contribution in [0.25, 0.3) is 0 Å². The highest BCUT2D eigenvalue weighted by Crippen LogP contribution is 2.25. The highest BCUT2D eigenvalue weighted by atomic mass is 35.5. The van der Waals surface area contributed by atoms with Gasteiger partial charge >= 0.3 is 0 Å². The molecule has 1 aromatic rings. The monoisotopic (exact) mass is 287 g/mol. The molecule has 1 aliphatic carbocycles. The van der Waals surface area contributed by atoms with Crippen molar-refractivity contribution in [1.82, 2.24) is 5.32 Å². The lowest BCUT2D eigenvalue weighted by Gasteiger charge is -2.18. The third-order valence-electron chi connectivity index (χ3n) is 3.22. The molecule has 2 rings (SSSR count). The average molecular weight is 288 g/mol. The van der Waals surface area contributed by atoms with Crippen LogP contribution in [0.4, 0.5) is 0 Å². The number of benzene rings is 1. The molecule has 0 aromatic heterocycles. The molecule has 1 N–H and O–H groups in total. The van der Waals surface area contributed by atoms with Crippen LogP contribution in [0.15, 0.2) is 18.2 Å². The Morgan fingerprint density at radius 2 is 1.83 bits per heavy atom. The van der Waals surface area contributed by atoms with Gasteiger partial charge in [-0.1, -0.05) is 36.0 Å². The number of nitrogens with one attached hydrogen (secondary N) is 1. The van der Waals surface area contributed by atoms with Gasteiger partial charge in [-0.2, -0.15) is 0 Å². The summed E-state index contributed by atoms with van der Waals surface area (Å²) in [6.07, 6.45) is 5.37. The van der Waals surface area contributed by atoms with Crippen LogP contribution in [-0.2, 0) is 0 Å². The lowest BCUT2D eigenvalue weighted by atomic mass is 10.2. The van der Waals surface area contributed by atoms with Gasteiger partial charge in [-0.3, -0.25) is 0 Å². The topological polar surface area (TPSA) is 21.3 Å². The van der Waals surface area contributed by atoms with E-state index in [9.17, 15) is 0 Å². The smallest absolute Gasteiger partial charge is 0.122 e. The molecule has 0 bridgehead atoms. The molecule has 1 saturated carbocycles. The van der Waals surface area contributed by atoms with Crippen molar-refractivity contribution in [3.05, 3.63) is 28.2 Å². The highest BCUT2D eigenvalue weighted by molar-refractivity contribution is 6.34. The molecule has 0 amide bonds. The summed E-state index contributed by atoms with van der Waals surface area (Å²) < 4.78 is 5.80. The van der Waals surface area contributed by atoms with Crippen LogP contribution in [-0.4, -0.2) is 18.7 Å². The SMILES string of the molecule is CC(CNC1CCCC1)Oc1cc(Cl)cc(Cl)c1. The molecule has 0 radical (unpaired) electrons. The standard InChI is InChI=1S/C14H19Cl2NO/c1-10(9-17-13-4-2-3-5-13)18-14-7-11(15)6-12(16)8-14/h6-8,10,13,17H,2-5,9H2,1H3. The van der Waals surface area contributed by atoms with E-state index in [1.807, 2.05) is 0 Å². The summed E-state index contributed by atoms with van der Waals surface area (Å²) in [7, 11) is 0. The van der Waals surface area contributed by atoms with Crippen LogP contribution >= 0.6 is 23.2 Å². The first-order chi connectivity index (χ1) is 8.63. The molecular weight excluding hydrogens is 269 g/mol. The second-order valence-corrected chi connectivity index (χ2v) is 5.80. The first-order valence-corrected chi connectivity index (χ1v) is 7.25. The van der Waals surface area contributed by atoms with Gasteiger partial charge in [-0.05, 0) is 38.0 Å². The van der Waals surface area contributed by atoms with Crippen molar-refractivity contribution in [3.63, 3.8) is 0 Å². The minimum atomic E-state index is 0.111. The van der Waals surface area contributed by atoms with Gasteiger partial charge in [0, 0.05) is 22.6 Å². The van der Waals surface area contributed by atoms with Crippen LogP contribution in [0.2, 0.25) is 10.0 Å². The van der Waals surface area contributed by atoms with E-state index in [1.165, 1.54) is 25.7 Å². The largest absolute Gasteiger partial charge is 0.489 e. The zero-order valence-electron chi connectivity index (χ0n) is 10.6. The molecule has 2 nitrogen and oxygen atoms in total. The molecule has 1 aromatic carbocycles. The van der Waals surface area contributed by atoms with E-state index >= 15 is 0 Å². The van der Waals surface area contributed by atoms with Gasteiger partial charge in [0.1, 0.15) is 11.9 Å². The Kier molecular flexibility index (Phi) is 5.16. The maximum atomic E-state index is 5.93. The fourth-order valence-electron chi connectivity index (χ4n) is 2.33. The Morgan fingerprint density at radius 3 is 2.44 bits per heavy atom. The Balaban J connectivity index is 1.80. The Hall–Kier alpha value is -0.440. The molecule has 4 heteroatoms. The number of ether oxygens (including phenoxy) is 1.